The fourth-order valence-electron chi connectivity index (χ4n) is 4.41. The number of halogens is 1. The predicted molar refractivity (Wildman–Crippen MR) is 142 cm³/mol. The van der Waals surface area contributed by atoms with Crippen molar-refractivity contribution < 1.29 is 32.6 Å². The van der Waals surface area contributed by atoms with Crippen molar-refractivity contribution in [1.82, 2.24) is 20.7 Å². The average molecular weight is 563 g/mol. The Morgan fingerprint density at radius 1 is 1.15 bits per heavy atom. The summed E-state index contributed by atoms with van der Waals surface area (Å²) < 4.78 is 42.5. The molecule has 1 unspecified atom stereocenters. The molecule has 6 N–H and O–H groups in total. The Hall–Kier alpha value is -3.91. The number of aliphatic imine (C=N–C) groups is 1. The number of carbonyl (C=O) groups is 2. The molecule has 2 aromatic rings. The third kappa shape index (κ3) is 7.57. The number of amides is 1. The van der Waals surface area contributed by atoms with Crippen molar-refractivity contribution in [2.45, 2.75) is 42.8 Å². The molecule has 0 aromatic heterocycles. The van der Waals surface area contributed by atoms with Gasteiger partial charge in [-0.25, -0.2) is 12.8 Å². The molecule has 2 aliphatic heterocycles. The summed E-state index contributed by atoms with van der Waals surface area (Å²) in [4.78, 5) is 30.2. The lowest BCUT2D eigenvalue weighted by atomic mass is 10.0. The van der Waals surface area contributed by atoms with Gasteiger partial charge in [-0.2, -0.15) is 4.72 Å². The standard InChI is InChI=1S/C25H31FN6O6S/c26-20-14-16(2-7-21(20)32-12-8-17(9-13-32)29-25-27-10-1-11-28-25)24(36)30-22(15-23(34)35)31-39(37,38)19-5-3-18(33)4-6-19/h2-7,14,17,22,31,33H,1,8-13,15H2,(H,30,36)(H,34,35)(H2,27,28,29). The van der Waals surface area contributed by atoms with Gasteiger partial charge in [-0.05, 0) is 61.7 Å². The summed E-state index contributed by atoms with van der Waals surface area (Å²) in [5, 5.41) is 27.5. The number of phenols is 1. The molecule has 1 fully saturated rings. The molecule has 2 aliphatic rings. The number of hydrogen-bond donors (Lipinski definition) is 6. The second-order valence-electron chi connectivity index (χ2n) is 9.32. The van der Waals surface area contributed by atoms with Crippen molar-refractivity contribution in [2.75, 3.05) is 31.1 Å². The van der Waals surface area contributed by atoms with Crippen LogP contribution in [0.1, 0.15) is 36.0 Å². The monoisotopic (exact) mass is 562 g/mol. The number of nitrogens with one attached hydrogen (secondary N) is 4. The van der Waals surface area contributed by atoms with Gasteiger partial charge in [-0.1, -0.05) is 0 Å². The zero-order chi connectivity index (χ0) is 28.0. The van der Waals surface area contributed by atoms with Crippen LogP contribution in [0.4, 0.5) is 10.1 Å². The van der Waals surface area contributed by atoms with Crippen LogP contribution in [0.3, 0.4) is 0 Å². The highest BCUT2D eigenvalue weighted by molar-refractivity contribution is 7.89. The minimum Gasteiger partial charge on any atom is -0.508 e. The first kappa shape index (κ1) is 28.1. The summed E-state index contributed by atoms with van der Waals surface area (Å²) in [5.41, 5.74) is 0.252. The topological polar surface area (TPSA) is 172 Å². The predicted octanol–water partition coefficient (Wildman–Crippen LogP) is 0.948. The van der Waals surface area contributed by atoms with Gasteiger partial charge in [0.05, 0.1) is 17.0 Å². The molecule has 0 bridgehead atoms. The van der Waals surface area contributed by atoms with Gasteiger partial charge in [0.25, 0.3) is 5.91 Å². The zero-order valence-electron chi connectivity index (χ0n) is 21.1. The third-order valence-electron chi connectivity index (χ3n) is 6.41. The molecule has 2 heterocycles. The van der Waals surface area contributed by atoms with E-state index < -0.39 is 40.3 Å². The Labute approximate surface area is 225 Å². The summed E-state index contributed by atoms with van der Waals surface area (Å²) in [6.45, 7) is 2.89. The first-order valence-electron chi connectivity index (χ1n) is 12.5. The van der Waals surface area contributed by atoms with Crippen LogP contribution >= 0.6 is 0 Å². The van der Waals surface area contributed by atoms with Crippen LogP contribution in [0.25, 0.3) is 0 Å². The molecule has 0 spiro atoms. The molecule has 1 amide bonds. The molecule has 39 heavy (non-hydrogen) atoms. The van der Waals surface area contributed by atoms with Crippen molar-refractivity contribution in [2.24, 2.45) is 4.99 Å². The second kappa shape index (κ2) is 12.3. The van der Waals surface area contributed by atoms with E-state index in [4.69, 9.17) is 0 Å². The molecule has 12 nitrogen and oxygen atoms in total. The van der Waals surface area contributed by atoms with Crippen LogP contribution in [-0.2, 0) is 14.8 Å². The van der Waals surface area contributed by atoms with E-state index in [1.807, 2.05) is 4.90 Å². The summed E-state index contributed by atoms with van der Waals surface area (Å²) in [5.74, 6) is -2.18. The van der Waals surface area contributed by atoms with Gasteiger partial charge in [0.15, 0.2) is 5.96 Å². The van der Waals surface area contributed by atoms with Crippen LogP contribution in [0.15, 0.2) is 52.4 Å². The number of carboxylic acids is 1. The Morgan fingerprint density at radius 3 is 2.49 bits per heavy atom. The van der Waals surface area contributed by atoms with E-state index in [2.05, 4.69) is 25.7 Å². The molecule has 2 aromatic carbocycles. The lowest BCUT2D eigenvalue weighted by Gasteiger charge is -2.35. The van der Waals surface area contributed by atoms with E-state index in [1.54, 1.807) is 0 Å². The molecule has 1 atom stereocenters. The highest BCUT2D eigenvalue weighted by Gasteiger charge is 2.26. The van der Waals surface area contributed by atoms with Gasteiger partial charge < -0.3 is 31.1 Å². The van der Waals surface area contributed by atoms with Crippen molar-refractivity contribution >= 4 is 33.5 Å². The maximum absolute atomic E-state index is 15.0. The Balaban J connectivity index is 1.38. The zero-order valence-corrected chi connectivity index (χ0v) is 21.9. The maximum atomic E-state index is 15.0. The first-order valence-corrected chi connectivity index (χ1v) is 14.0. The molecule has 1 saturated heterocycles. The van der Waals surface area contributed by atoms with Gasteiger partial charge >= 0.3 is 5.97 Å². The molecule has 0 aliphatic carbocycles. The van der Waals surface area contributed by atoms with Crippen molar-refractivity contribution in [3.63, 3.8) is 0 Å². The average Bonchev–Trinajstić information content (AvgIpc) is 2.89. The Kier molecular flexibility index (Phi) is 8.86. The van der Waals surface area contributed by atoms with E-state index in [0.29, 0.717) is 18.8 Å². The van der Waals surface area contributed by atoms with E-state index in [0.717, 1.165) is 68.6 Å². The highest BCUT2D eigenvalue weighted by Crippen LogP contribution is 2.24. The second-order valence-corrected chi connectivity index (χ2v) is 11.0. The lowest BCUT2D eigenvalue weighted by molar-refractivity contribution is -0.137. The van der Waals surface area contributed by atoms with E-state index in [1.165, 1.54) is 12.1 Å². The minimum absolute atomic E-state index is 0.0894. The van der Waals surface area contributed by atoms with Crippen molar-refractivity contribution in [3.8, 4) is 5.75 Å². The number of aliphatic carboxylic acids is 1. The van der Waals surface area contributed by atoms with E-state index in [-0.39, 0.29) is 22.3 Å². The summed E-state index contributed by atoms with van der Waals surface area (Å²) in [6, 6.07) is 8.73. The molecular weight excluding hydrogens is 531 g/mol. The number of piperidine rings is 1. The number of rotatable bonds is 9. The van der Waals surface area contributed by atoms with Gasteiger partial charge in [0, 0.05) is 37.8 Å². The lowest BCUT2D eigenvalue weighted by Crippen LogP contribution is -2.50. The highest BCUT2D eigenvalue weighted by atomic mass is 32.2. The Bertz CT molecular complexity index is 1330. The number of aromatic hydroxyl groups is 1. The quantitative estimate of drug-likeness (QED) is 0.243. The number of hydrogen-bond acceptors (Lipinski definition) is 9. The van der Waals surface area contributed by atoms with Gasteiger partial charge in [-0.15, -0.1) is 0 Å². The smallest absolute Gasteiger partial charge is 0.306 e. The molecule has 210 valence electrons. The van der Waals surface area contributed by atoms with Crippen LogP contribution < -0.4 is 25.6 Å². The number of anilines is 1. The van der Waals surface area contributed by atoms with Crippen LogP contribution in [0, 0.1) is 5.82 Å². The summed E-state index contributed by atoms with van der Waals surface area (Å²) in [6.07, 6.45) is 0.299. The van der Waals surface area contributed by atoms with Gasteiger partial charge in [-0.3, -0.25) is 14.6 Å². The number of sulfonamides is 1. The third-order valence-corrected chi connectivity index (χ3v) is 7.90. The van der Waals surface area contributed by atoms with Crippen molar-refractivity contribution in [3.05, 3.63) is 53.8 Å². The number of guanidine groups is 1. The molecule has 4 rings (SSSR count). The molecular formula is C25H31FN6O6S. The number of carbonyl (C=O) groups excluding carboxylic acids is 1. The molecule has 14 heteroatoms. The SMILES string of the molecule is O=C(O)CC(NC(=O)c1ccc(N2CCC(NC3=NCCCN3)CC2)c(F)c1)NS(=O)(=O)c1ccc(O)cc1. The van der Waals surface area contributed by atoms with E-state index in [9.17, 15) is 28.2 Å². The molecule has 0 radical (unpaired) electrons. The van der Waals surface area contributed by atoms with Gasteiger partial charge in [0.1, 0.15) is 17.7 Å². The number of phenolic OH excluding ortho intramolecular Hbond substituents is 1. The van der Waals surface area contributed by atoms with Crippen LogP contribution in [0.2, 0.25) is 0 Å². The fraction of sp³-hybridized carbons (Fsp3) is 0.400. The summed E-state index contributed by atoms with van der Waals surface area (Å²) in [7, 11) is -4.23. The van der Waals surface area contributed by atoms with Crippen LogP contribution in [0.5, 0.6) is 5.75 Å². The van der Waals surface area contributed by atoms with Crippen LogP contribution in [-0.4, -0.2) is 74.9 Å². The fourth-order valence-corrected chi connectivity index (χ4v) is 5.56. The minimum atomic E-state index is -4.23. The van der Waals surface area contributed by atoms with Gasteiger partial charge in [0.2, 0.25) is 10.0 Å². The first-order chi connectivity index (χ1) is 18.6. The normalized spacial score (nSPS) is 17.1. The van der Waals surface area contributed by atoms with Crippen molar-refractivity contribution in [1.29, 1.82) is 0 Å². The number of carboxylic acid groups (broad SMARTS) is 1. The largest absolute Gasteiger partial charge is 0.508 e. The maximum Gasteiger partial charge on any atom is 0.306 e. The molecule has 0 saturated carbocycles. The number of nitrogens with zero attached hydrogens (tertiary/aromatic N) is 2. The summed E-state index contributed by atoms with van der Waals surface area (Å²) >= 11 is 0. The Morgan fingerprint density at radius 2 is 1.87 bits per heavy atom. The number of benzene rings is 2. The van der Waals surface area contributed by atoms with E-state index >= 15 is 4.39 Å².